The zero-order chi connectivity index (χ0) is 19.7. The first-order valence-electron chi connectivity index (χ1n) is 9.49. The summed E-state index contributed by atoms with van der Waals surface area (Å²) < 4.78 is 31.8. The molecule has 2 rings (SSSR count). The van der Waals surface area contributed by atoms with E-state index >= 15 is 0 Å². The highest BCUT2D eigenvalue weighted by Gasteiger charge is 2.21. The van der Waals surface area contributed by atoms with E-state index in [0.29, 0.717) is 29.6 Å². The molecule has 0 saturated carbocycles. The summed E-state index contributed by atoms with van der Waals surface area (Å²) >= 11 is 5.31. The van der Waals surface area contributed by atoms with E-state index in [9.17, 15) is 8.42 Å². The lowest BCUT2D eigenvalue weighted by atomic mass is 10.2. The van der Waals surface area contributed by atoms with Crippen molar-refractivity contribution in [2.75, 3.05) is 52.5 Å². The van der Waals surface area contributed by atoms with E-state index in [2.05, 4.69) is 10.6 Å². The number of thiocarbonyl (C=S) groups is 1. The molecule has 0 unspecified atom stereocenters. The molecule has 0 radical (unpaired) electrons. The SMILES string of the molecule is CCN(CC)S(=O)(=O)c1ccc(CNC(=S)NCC[NH+]2CCOCC2)cc1. The summed E-state index contributed by atoms with van der Waals surface area (Å²) in [5, 5.41) is 7.00. The molecule has 1 aromatic carbocycles. The van der Waals surface area contributed by atoms with Gasteiger partial charge < -0.3 is 20.3 Å². The molecule has 1 aliphatic heterocycles. The van der Waals surface area contributed by atoms with E-state index in [1.807, 2.05) is 26.0 Å². The van der Waals surface area contributed by atoms with Gasteiger partial charge in [-0.3, -0.25) is 0 Å². The highest BCUT2D eigenvalue weighted by atomic mass is 32.2. The Morgan fingerprint density at radius 2 is 1.78 bits per heavy atom. The van der Waals surface area contributed by atoms with Crippen LogP contribution in [-0.2, 0) is 21.3 Å². The summed E-state index contributed by atoms with van der Waals surface area (Å²) in [5.41, 5.74) is 0.983. The number of rotatable bonds is 9. The standard InChI is InChI=1S/C18H30N4O3S2/c1-3-22(4-2)27(23,24)17-7-5-16(6-8-17)15-20-18(26)19-9-10-21-11-13-25-14-12-21/h5-8H,3-4,9-15H2,1-2H3,(H2,19,20,26)/p+1. The van der Waals surface area contributed by atoms with Crippen LogP contribution < -0.4 is 15.5 Å². The Bertz CT molecular complexity index is 685. The fraction of sp³-hybridized carbons (Fsp3) is 0.611. The van der Waals surface area contributed by atoms with E-state index < -0.39 is 10.0 Å². The Labute approximate surface area is 168 Å². The number of nitrogens with one attached hydrogen (secondary N) is 3. The highest BCUT2D eigenvalue weighted by Crippen LogP contribution is 2.16. The van der Waals surface area contributed by atoms with Gasteiger partial charge in [-0.25, -0.2) is 8.42 Å². The van der Waals surface area contributed by atoms with Crippen LogP contribution in [0.3, 0.4) is 0 Å². The average molecular weight is 416 g/mol. The minimum Gasteiger partial charge on any atom is -0.370 e. The first kappa shape index (κ1) is 22.0. The van der Waals surface area contributed by atoms with Gasteiger partial charge in [-0.05, 0) is 29.9 Å². The third-order valence-corrected chi connectivity index (χ3v) is 7.04. The number of hydrogen-bond donors (Lipinski definition) is 3. The number of benzene rings is 1. The van der Waals surface area contributed by atoms with Crippen LogP contribution in [0, 0.1) is 0 Å². The summed E-state index contributed by atoms with van der Waals surface area (Å²) in [7, 11) is -3.41. The normalized spacial score (nSPS) is 15.7. The van der Waals surface area contributed by atoms with Gasteiger partial charge in [0.05, 0.1) is 31.2 Å². The number of ether oxygens (including phenoxy) is 1. The Kier molecular flexibility index (Phi) is 8.91. The molecule has 152 valence electrons. The molecule has 0 aliphatic carbocycles. The Morgan fingerprint density at radius 3 is 2.37 bits per heavy atom. The van der Waals surface area contributed by atoms with Crippen LogP contribution in [0.15, 0.2) is 29.2 Å². The van der Waals surface area contributed by atoms with Gasteiger partial charge >= 0.3 is 0 Å². The van der Waals surface area contributed by atoms with Crippen molar-refractivity contribution in [3.63, 3.8) is 0 Å². The van der Waals surface area contributed by atoms with Crippen LogP contribution >= 0.6 is 12.2 Å². The molecule has 1 heterocycles. The van der Waals surface area contributed by atoms with Crippen LogP contribution in [0.5, 0.6) is 0 Å². The fourth-order valence-electron chi connectivity index (χ4n) is 3.00. The van der Waals surface area contributed by atoms with Gasteiger partial charge in [0, 0.05) is 19.6 Å². The van der Waals surface area contributed by atoms with Crippen LogP contribution in [0.25, 0.3) is 0 Å². The number of quaternary nitrogens is 1. The second-order valence-electron chi connectivity index (χ2n) is 6.46. The molecule has 9 heteroatoms. The Balaban J connectivity index is 1.76. The van der Waals surface area contributed by atoms with Crippen molar-refractivity contribution in [2.24, 2.45) is 0 Å². The van der Waals surface area contributed by atoms with Crippen LogP contribution in [0.1, 0.15) is 19.4 Å². The molecular formula is C18H31N4O3S2+. The van der Waals surface area contributed by atoms with Gasteiger partial charge in [0.25, 0.3) is 0 Å². The Hall–Kier alpha value is -1.26. The van der Waals surface area contributed by atoms with Crippen molar-refractivity contribution in [2.45, 2.75) is 25.3 Å². The molecule has 7 nitrogen and oxygen atoms in total. The highest BCUT2D eigenvalue weighted by molar-refractivity contribution is 7.89. The predicted octanol–water partition coefficient (Wildman–Crippen LogP) is -0.404. The van der Waals surface area contributed by atoms with E-state index in [4.69, 9.17) is 17.0 Å². The molecule has 1 aromatic rings. The summed E-state index contributed by atoms with van der Waals surface area (Å²) in [6.07, 6.45) is 0. The van der Waals surface area contributed by atoms with Crippen molar-refractivity contribution < 1.29 is 18.1 Å². The van der Waals surface area contributed by atoms with Crippen molar-refractivity contribution >= 4 is 27.4 Å². The molecule has 0 bridgehead atoms. The summed E-state index contributed by atoms with van der Waals surface area (Å²) in [6.45, 7) is 10.8. The average Bonchev–Trinajstić information content (AvgIpc) is 2.68. The first-order chi connectivity index (χ1) is 13.0. The maximum Gasteiger partial charge on any atom is 0.243 e. The minimum atomic E-state index is -3.41. The van der Waals surface area contributed by atoms with Crippen molar-refractivity contribution in [1.29, 1.82) is 0 Å². The molecular weight excluding hydrogens is 384 g/mol. The van der Waals surface area contributed by atoms with E-state index in [1.54, 1.807) is 12.1 Å². The summed E-state index contributed by atoms with van der Waals surface area (Å²) in [6, 6.07) is 6.96. The molecule has 0 aromatic heterocycles. The Morgan fingerprint density at radius 1 is 1.15 bits per heavy atom. The summed E-state index contributed by atoms with van der Waals surface area (Å²) in [4.78, 5) is 1.85. The minimum absolute atomic E-state index is 0.323. The quantitative estimate of drug-likeness (QED) is 0.477. The topological polar surface area (TPSA) is 75.1 Å². The van der Waals surface area contributed by atoms with Gasteiger partial charge in [0.2, 0.25) is 10.0 Å². The largest absolute Gasteiger partial charge is 0.370 e. The predicted molar refractivity (Wildman–Crippen MR) is 110 cm³/mol. The summed E-state index contributed by atoms with van der Waals surface area (Å²) in [5.74, 6) is 0. The zero-order valence-electron chi connectivity index (χ0n) is 16.2. The molecule has 1 fully saturated rings. The lowest BCUT2D eigenvalue weighted by Gasteiger charge is -2.24. The van der Waals surface area contributed by atoms with Gasteiger partial charge in [-0.2, -0.15) is 4.31 Å². The molecule has 0 spiro atoms. The van der Waals surface area contributed by atoms with Crippen LogP contribution in [0.4, 0.5) is 0 Å². The second-order valence-corrected chi connectivity index (χ2v) is 8.80. The zero-order valence-corrected chi connectivity index (χ0v) is 17.8. The number of nitrogens with zero attached hydrogens (tertiary/aromatic N) is 1. The first-order valence-corrected chi connectivity index (χ1v) is 11.3. The molecule has 1 saturated heterocycles. The third kappa shape index (κ3) is 6.69. The van der Waals surface area contributed by atoms with E-state index in [-0.39, 0.29) is 0 Å². The molecule has 27 heavy (non-hydrogen) atoms. The molecule has 0 atom stereocenters. The number of sulfonamides is 1. The second kappa shape index (κ2) is 10.9. The van der Waals surface area contributed by atoms with Crippen molar-refractivity contribution in [1.82, 2.24) is 14.9 Å². The lowest BCUT2D eigenvalue weighted by molar-refractivity contribution is -0.906. The maximum absolute atomic E-state index is 12.5. The van der Waals surface area contributed by atoms with Crippen molar-refractivity contribution in [3.05, 3.63) is 29.8 Å². The van der Waals surface area contributed by atoms with Gasteiger partial charge in [-0.15, -0.1) is 0 Å². The fourth-order valence-corrected chi connectivity index (χ4v) is 4.63. The van der Waals surface area contributed by atoms with Gasteiger partial charge in [0.1, 0.15) is 13.1 Å². The van der Waals surface area contributed by atoms with Crippen LogP contribution in [0.2, 0.25) is 0 Å². The van der Waals surface area contributed by atoms with E-state index in [0.717, 1.165) is 45.0 Å². The lowest BCUT2D eigenvalue weighted by Crippen LogP contribution is -3.14. The number of hydrogen-bond acceptors (Lipinski definition) is 4. The number of morpholine rings is 1. The van der Waals surface area contributed by atoms with Crippen LogP contribution in [-0.4, -0.2) is 70.3 Å². The smallest absolute Gasteiger partial charge is 0.243 e. The monoisotopic (exact) mass is 415 g/mol. The molecule has 1 aliphatic rings. The molecule has 3 N–H and O–H groups in total. The van der Waals surface area contributed by atoms with E-state index in [1.165, 1.54) is 9.21 Å². The van der Waals surface area contributed by atoms with Crippen molar-refractivity contribution in [3.8, 4) is 0 Å². The maximum atomic E-state index is 12.5. The third-order valence-electron chi connectivity index (χ3n) is 4.68. The molecule has 0 amide bonds. The van der Waals surface area contributed by atoms with Gasteiger partial charge in [0.15, 0.2) is 5.11 Å². The van der Waals surface area contributed by atoms with Gasteiger partial charge in [-0.1, -0.05) is 26.0 Å².